The van der Waals surface area contributed by atoms with Crippen LogP contribution >= 0.6 is 0 Å². The van der Waals surface area contributed by atoms with Gasteiger partial charge in [-0.2, -0.15) is 0 Å². The molecule has 1 heterocycles. The van der Waals surface area contributed by atoms with Crippen LogP contribution in [0, 0.1) is 0 Å². The van der Waals surface area contributed by atoms with E-state index in [1.807, 2.05) is 70.4 Å². The zero-order chi connectivity index (χ0) is 25.5. The molecule has 2 aromatic rings. The van der Waals surface area contributed by atoms with Gasteiger partial charge in [-0.3, -0.25) is 5.32 Å². The number of allylic oxidation sites excluding steroid dienone is 3. The van der Waals surface area contributed by atoms with Crippen molar-refractivity contribution in [2.24, 2.45) is 5.73 Å². The number of benzene rings is 2. The minimum absolute atomic E-state index is 0.0497. The van der Waals surface area contributed by atoms with Crippen LogP contribution in [0.3, 0.4) is 0 Å². The molecule has 6 nitrogen and oxygen atoms in total. The number of hydrogen-bond acceptors (Lipinski definition) is 6. The predicted octanol–water partition coefficient (Wildman–Crippen LogP) is 4.57. The Bertz CT molecular complexity index is 987. The molecule has 0 aliphatic carbocycles. The molecule has 1 unspecified atom stereocenters. The van der Waals surface area contributed by atoms with Crippen molar-refractivity contribution in [3.63, 3.8) is 0 Å². The number of nitrogens with one attached hydrogen (secondary N) is 3. The van der Waals surface area contributed by atoms with Crippen molar-refractivity contribution in [3.05, 3.63) is 96.4 Å². The molecule has 0 bridgehead atoms. The maximum atomic E-state index is 8.00. The molecule has 0 fully saturated rings. The van der Waals surface area contributed by atoms with Gasteiger partial charge in [0.05, 0.1) is 0 Å². The predicted molar refractivity (Wildman–Crippen MR) is 147 cm³/mol. The first kappa shape index (κ1) is 28.4. The van der Waals surface area contributed by atoms with E-state index >= 15 is 0 Å². The summed E-state index contributed by atoms with van der Waals surface area (Å²) in [6.45, 7) is 8.28. The lowest BCUT2D eigenvalue weighted by molar-refractivity contribution is -0.0979. The fourth-order valence-corrected chi connectivity index (χ4v) is 3.21. The fraction of sp³-hybridized carbons (Fsp3) is 0.250. The van der Waals surface area contributed by atoms with Gasteiger partial charge in [-0.1, -0.05) is 56.0 Å². The molecule has 0 radical (unpaired) electrons. The lowest BCUT2D eigenvalue weighted by Gasteiger charge is -2.25. The largest absolute Gasteiger partial charge is 0.399 e. The molecule has 5 N–H and O–H groups in total. The molecule has 0 aromatic heterocycles. The van der Waals surface area contributed by atoms with Crippen molar-refractivity contribution in [1.82, 2.24) is 15.5 Å². The minimum atomic E-state index is 0.0497. The van der Waals surface area contributed by atoms with Crippen molar-refractivity contribution in [2.75, 3.05) is 33.5 Å². The van der Waals surface area contributed by atoms with Gasteiger partial charge in [0, 0.05) is 22.7 Å². The van der Waals surface area contributed by atoms with Crippen LogP contribution in [0.15, 0.2) is 90.8 Å². The molecule has 0 amide bonds. The molecule has 34 heavy (non-hydrogen) atoms. The highest BCUT2D eigenvalue weighted by Gasteiger charge is 2.15. The number of dihydropyridines is 1. The van der Waals surface area contributed by atoms with Crippen LogP contribution in [0.25, 0.3) is 16.8 Å². The second kappa shape index (κ2) is 15.3. The molecular weight excluding hydrogens is 422 g/mol. The quantitative estimate of drug-likeness (QED) is 0.484. The van der Waals surface area contributed by atoms with Crippen molar-refractivity contribution in [1.29, 1.82) is 0 Å². The molecule has 0 saturated heterocycles. The standard InChI is InChI=1S/C24H28N4.C3H9N.CH2O/c1-4-7-23(25)20-9-5-8-19(16-20)18-11-13-21(14-12-18)28-17(2)22-10-6-15-27-24(22)26-3;1-4(2)3;1-2/h5-16,24,26-28H,2,4,25H2,1,3H3;1-3H3;1H2/b23-7+;;. The first-order chi connectivity index (χ1) is 16.3. The maximum absolute atomic E-state index is 8.00. The molecule has 3 rings (SSSR count). The topological polar surface area (TPSA) is 82.4 Å². The Morgan fingerprint density at radius 3 is 2.35 bits per heavy atom. The van der Waals surface area contributed by atoms with Crippen LogP contribution < -0.4 is 21.7 Å². The lowest BCUT2D eigenvalue weighted by atomic mass is 10.0. The van der Waals surface area contributed by atoms with E-state index in [2.05, 4.69) is 71.9 Å². The molecule has 1 atom stereocenters. The van der Waals surface area contributed by atoms with Crippen molar-refractivity contribution in [2.45, 2.75) is 19.5 Å². The fourth-order valence-electron chi connectivity index (χ4n) is 3.21. The number of carbonyl (C=O) groups is 1. The molecular formula is C28H39N5O. The third-order valence-corrected chi connectivity index (χ3v) is 4.72. The Kier molecular flexibility index (Phi) is 12.8. The van der Waals surface area contributed by atoms with Gasteiger partial charge in [-0.05, 0) is 81.8 Å². The average molecular weight is 462 g/mol. The number of likely N-dealkylation sites (N-methyl/N-ethyl adjacent to an activating group) is 1. The van der Waals surface area contributed by atoms with Crippen molar-refractivity contribution in [3.8, 4) is 11.1 Å². The Hall–Kier alpha value is -3.61. The van der Waals surface area contributed by atoms with Gasteiger partial charge in [-0.25, -0.2) is 0 Å². The number of hydrogen-bond donors (Lipinski definition) is 4. The van der Waals surface area contributed by atoms with Crippen LogP contribution in [-0.2, 0) is 4.79 Å². The molecule has 2 aromatic carbocycles. The smallest absolute Gasteiger partial charge is 0.106 e. The molecule has 1 aliphatic heterocycles. The Labute approximate surface area is 204 Å². The summed E-state index contributed by atoms with van der Waals surface area (Å²) in [6, 6.07) is 16.7. The SMILES string of the molecule is C=C(Nc1ccc(-c2cccc(/C(N)=C\CC)c2)cc1)C1=CC=CNC1NC.C=O.CN(C)C. The first-order valence-corrected chi connectivity index (χ1v) is 11.2. The zero-order valence-corrected chi connectivity index (χ0v) is 21.1. The van der Waals surface area contributed by atoms with Crippen LogP contribution in [0.4, 0.5) is 5.69 Å². The zero-order valence-electron chi connectivity index (χ0n) is 21.1. The summed E-state index contributed by atoms with van der Waals surface area (Å²) in [5.74, 6) is 0. The number of nitrogens with zero attached hydrogens (tertiary/aromatic N) is 1. The Morgan fingerprint density at radius 1 is 1.12 bits per heavy atom. The third-order valence-electron chi connectivity index (χ3n) is 4.72. The van der Waals surface area contributed by atoms with Gasteiger partial charge >= 0.3 is 0 Å². The number of anilines is 1. The molecule has 182 valence electrons. The highest BCUT2D eigenvalue weighted by molar-refractivity contribution is 5.72. The number of rotatable bonds is 7. The van der Waals surface area contributed by atoms with Crippen molar-refractivity contribution >= 4 is 18.2 Å². The summed E-state index contributed by atoms with van der Waals surface area (Å²) in [4.78, 5) is 10.0. The van der Waals surface area contributed by atoms with E-state index in [1.54, 1.807) is 0 Å². The van der Waals surface area contributed by atoms with E-state index in [-0.39, 0.29) is 6.17 Å². The Morgan fingerprint density at radius 2 is 1.76 bits per heavy atom. The van der Waals surface area contributed by atoms with Crippen LogP contribution in [0.5, 0.6) is 0 Å². The van der Waals surface area contributed by atoms with E-state index in [4.69, 9.17) is 10.5 Å². The van der Waals surface area contributed by atoms with Crippen LogP contribution in [0.2, 0.25) is 0 Å². The summed E-state index contributed by atoms with van der Waals surface area (Å²) >= 11 is 0. The van der Waals surface area contributed by atoms with Crippen LogP contribution in [0.1, 0.15) is 18.9 Å². The van der Waals surface area contributed by atoms with E-state index in [0.29, 0.717) is 0 Å². The second-order valence-corrected chi connectivity index (χ2v) is 8.04. The van der Waals surface area contributed by atoms with Gasteiger partial charge in [0.25, 0.3) is 0 Å². The van der Waals surface area contributed by atoms with Gasteiger partial charge in [0.15, 0.2) is 0 Å². The highest BCUT2D eigenvalue weighted by atomic mass is 16.1. The maximum Gasteiger partial charge on any atom is 0.106 e. The first-order valence-electron chi connectivity index (χ1n) is 11.2. The Balaban J connectivity index is 0.000000872. The minimum Gasteiger partial charge on any atom is -0.399 e. The normalized spacial score (nSPS) is 14.6. The van der Waals surface area contributed by atoms with E-state index < -0.39 is 0 Å². The van der Waals surface area contributed by atoms with Gasteiger partial charge in [0.1, 0.15) is 13.0 Å². The van der Waals surface area contributed by atoms with E-state index in [1.165, 1.54) is 0 Å². The van der Waals surface area contributed by atoms with Crippen LogP contribution in [-0.4, -0.2) is 46.0 Å². The van der Waals surface area contributed by atoms with Crippen molar-refractivity contribution < 1.29 is 4.79 Å². The molecule has 6 heteroatoms. The summed E-state index contributed by atoms with van der Waals surface area (Å²) in [6.07, 6.45) is 8.97. The second-order valence-electron chi connectivity index (χ2n) is 8.04. The molecule has 0 saturated carbocycles. The van der Waals surface area contributed by atoms with Gasteiger partial charge in [0.2, 0.25) is 0 Å². The molecule has 1 aliphatic rings. The number of nitrogens with two attached hydrogens (primary N) is 1. The van der Waals surface area contributed by atoms with E-state index in [0.717, 1.165) is 45.8 Å². The summed E-state index contributed by atoms with van der Waals surface area (Å²) in [5.41, 5.74) is 13.3. The summed E-state index contributed by atoms with van der Waals surface area (Å²) < 4.78 is 0. The van der Waals surface area contributed by atoms with Gasteiger partial charge in [-0.15, -0.1) is 0 Å². The third kappa shape index (κ3) is 9.10. The highest BCUT2D eigenvalue weighted by Crippen LogP contribution is 2.25. The summed E-state index contributed by atoms with van der Waals surface area (Å²) in [5, 5.41) is 9.89. The lowest BCUT2D eigenvalue weighted by Crippen LogP contribution is -2.41. The average Bonchev–Trinajstić information content (AvgIpc) is 2.85. The van der Waals surface area contributed by atoms with E-state index in [9.17, 15) is 0 Å². The van der Waals surface area contributed by atoms with Gasteiger partial charge < -0.3 is 26.1 Å². The summed E-state index contributed by atoms with van der Waals surface area (Å²) in [7, 11) is 7.92. The monoisotopic (exact) mass is 461 g/mol. The molecule has 0 spiro atoms. The number of carbonyl (C=O) groups excluding carboxylic acids is 1.